The van der Waals surface area contributed by atoms with E-state index >= 15 is 0 Å². The van der Waals surface area contributed by atoms with E-state index in [-0.39, 0.29) is 11.7 Å². The Kier molecular flexibility index (Phi) is 4.49. The minimum Gasteiger partial charge on any atom is -0.338 e. The van der Waals surface area contributed by atoms with Crippen LogP contribution in [0, 0.1) is 5.92 Å². The first-order chi connectivity index (χ1) is 7.15. The largest absolute Gasteiger partial charge is 0.338 e. The lowest BCUT2D eigenvalue weighted by Gasteiger charge is -2.10. The van der Waals surface area contributed by atoms with Crippen LogP contribution in [0.15, 0.2) is 12.4 Å². The summed E-state index contributed by atoms with van der Waals surface area (Å²) < 4.78 is 1.89. The van der Waals surface area contributed by atoms with Crippen molar-refractivity contribution >= 4 is 5.78 Å². The molecule has 0 aliphatic heterocycles. The van der Waals surface area contributed by atoms with E-state index in [4.69, 9.17) is 0 Å². The van der Waals surface area contributed by atoms with Crippen molar-refractivity contribution in [3.05, 3.63) is 18.2 Å². The Balaban J connectivity index is 2.45. The normalized spacial score (nSPS) is 12.7. The van der Waals surface area contributed by atoms with Crippen molar-refractivity contribution in [3.8, 4) is 0 Å². The van der Waals surface area contributed by atoms with Gasteiger partial charge in [0.05, 0.1) is 6.42 Å². The second kappa shape index (κ2) is 5.66. The van der Waals surface area contributed by atoms with Crippen LogP contribution in [0.25, 0.3) is 0 Å². The molecule has 1 heterocycles. The van der Waals surface area contributed by atoms with E-state index in [1.165, 1.54) is 0 Å². The van der Waals surface area contributed by atoms with Crippen LogP contribution in [-0.4, -0.2) is 28.4 Å². The number of rotatable bonds is 6. The number of hydrogen-bond donors (Lipinski definition) is 1. The number of carbonyl (C=O) groups is 1. The van der Waals surface area contributed by atoms with Crippen molar-refractivity contribution in [2.45, 2.75) is 20.3 Å². The SMILES string of the molecule is CCNCC(C)C(=O)Cc1nccn1C. The number of carbonyl (C=O) groups excluding carboxylic acids is 1. The number of nitrogens with one attached hydrogen (secondary N) is 1. The first-order valence-electron chi connectivity index (χ1n) is 5.34. The Morgan fingerprint density at radius 2 is 2.40 bits per heavy atom. The highest BCUT2D eigenvalue weighted by atomic mass is 16.1. The van der Waals surface area contributed by atoms with Crippen LogP contribution in [0.1, 0.15) is 19.7 Å². The molecule has 1 atom stereocenters. The Morgan fingerprint density at radius 3 is 2.93 bits per heavy atom. The lowest BCUT2D eigenvalue weighted by atomic mass is 10.0. The molecular formula is C11H19N3O. The van der Waals surface area contributed by atoms with Gasteiger partial charge in [-0.25, -0.2) is 4.98 Å². The Morgan fingerprint density at radius 1 is 1.67 bits per heavy atom. The van der Waals surface area contributed by atoms with Crippen LogP contribution in [0.5, 0.6) is 0 Å². The molecule has 0 saturated heterocycles. The van der Waals surface area contributed by atoms with Gasteiger partial charge in [-0.1, -0.05) is 13.8 Å². The summed E-state index contributed by atoms with van der Waals surface area (Å²) in [5.41, 5.74) is 0. The minimum absolute atomic E-state index is 0.0571. The summed E-state index contributed by atoms with van der Waals surface area (Å²) in [4.78, 5) is 15.9. The van der Waals surface area contributed by atoms with Gasteiger partial charge in [-0.3, -0.25) is 4.79 Å². The number of ketones is 1. The van der Waals surface area contributed by atoms with Crippen molar-refractivity contribution in [2.75, 3.05) is 13.1 Å². The molecule has 84 valence electrons. The average Bonchev–Trinajstić information content (AvgIpc) is 2.61. The predicted octanol–water partition coefficient (Wildman–Crippen LogP) is 0.777. The molecule has 1 unspecified atom stereocenters. The monoisotopic (exact) mass is 209 g/mol. The minimum atomic E-state index is 0.0571. The Labute approximate surface area is 90.7 Å². The summed E-state index contributed by atoms with van der Waals surface area (Å²) in [6, 6.07) is 0. The quantitative estimate of drug-likeness (QED) is 0.753. The second-order valence-corrected chi connectivity index (χ2v) is 3.81. The molecule has 0 saturated carbocycles. The number of nitrogens with zero attached hydrogens (tertiary/aromatic N) is 2. The van der Waals surface area contributed by atoms with Gasteiger partial charge in [0, 0.05) is 31.9 Å². The molecule has 0 bridgehead atoms. The van der Waals surface area contributed by atoms with E-state index in [1.807, 2.05) is 31.7 Å². The Bertz CT molecular complexity index is 319. The molecule has 15 heavy (non-hydrogen) atoms. The van der Waals surface area contributed by atoms with Crippen molar-refractivity contribution in [2.24, 2.45) is 13.0 Å². The zero-order chi connectivity index (χ0) is 11.3. The smallest absolute Gasteiger partial charge is 0.144 e. The number of aromatic nitrogens is 2. The third-order valence-corrected chi connectivity index (χ3v) is 2.50. The fourth-order valence-corrected chi connectivity index (χ4v) is 1.37. The van der Waals surface area contributed by atoms with Crippen molar-refractivity contribution < 1.29 is 4.79 Å². The summed E-state index contributed by atoms with van der Waals surface area (Å²) in [5.74, 6) is 1.13. The van der Waals surface area contributed by atoms with E-state index in [9.17, 15) is 4.79 Å². The first-order valence-corrected chi connectivity index (χ1v) is 5.34. The van der Waals surface area contributed by atoms with Gasteiger partial charge in [0.2, 0.25) is 0 Å². The Hall–Kier alpha value is -1.16. The highest BCUT2D eigenvalue weighted by molar-refractivity contribution is 5.82. The maximum atomic E-state index is 11.8. The number of Topliss-reactive ketones (excluding diaryl/α,β-unsaturated/α-hetero) is 1. The molecule has 0 amide bonds. The van der Waals surface area contributed by atoms with Crippen LogP contribution in [0.3, 0.4) is 0 Å². The molecule has 0 aliphatic carbocycles. The van der Waals surface area contributed by atoms with Gasteiger partial charge in [-0.05, 0) is 6.54 Å². The molecule has 1 aromatic heterocycles. The van der Waals surface area contributed by atoms with Gasteiger partial charge in [0.1, 0.15) is 11.6 Å². The van der Waals surface area contributed by atoms with E-state index < -0.39 is 0 Å². The van der Waals surface area contributed by atoms with Crippen molar-refractivity contribution in [3.63, 3.8) is 0 Å². The van der Waals surface area contributed by atoms with Gasteiger partial charge in [0.25, 0.3) is 0 Å². The molecule has 4 nitrogen and oxygen atoms in total. The lowest BCUT2D eigenvalue weighted by molar-refractivity contribution is -0.121. The fourth-order valence-electron chi connectivity index (χ4n) is 1.37. The third-order valence-electron chi connectivity index (χ3n) is 2.50. The zero-order valence-electron chi connectivity index (χ0n) is 9.66. The number of hydrogen-bond acceptors (Lipinski definition) is 3. The summed E-state index contributed by atoms with van der Waals surface area (Å²) in [6.07, 6.45) is 4.01. The second-order valence-electron chi connectivity index (χ2n) is 3.81. The summed E-state index contributed by atoms with van der Waals surface area (Å²) in [5, 5.41) is 3.18. The van der Waals surface area contributed by atoms with E-state index in [0.29, 0.717) is 6.42 Å². The molecule has 4 heteroatoms. The maximum absolute atomic E-state index is 11.8. The highest BCUT2D eigenvalue weighted by Gasteiger charge is 2.14. The third kappa shape index (κ3) is 3.47. The highest BCUT2D eigenvalue weighted by Crippen LogP contribution is 2.03. The molecule has 1 aromatic rings. The molecule has 0 fully saturated rings. The molecule has 0 aliphatic rings. The van der Waals surface area contributed by atoms with E-state index in [2.05, 4.69) is 10.3 Å². The van der Waals surface area contributed by atoms with E-state index in [1.54, 1.807) is 6.20 Å². The van der Waals surface area contributed by atoms with Crippen LogP contribution in [0.4, 0.5) is 0 Å². The first kappa shape index (κ1) is 11.9. The van der Waals surface area contributed by atoms with Gasteiger partial charge in [-0.2, -0.15) is 0 Å². The van der Waals surface area contributed by atoms with Gasteiger partial charge < -0.3 is 9.88 Å². The average molecular weight is 209 g/mol. The fraction of sp³-hybridized carbons (Fsp3) is 0.636. The predicted molar refractivity (Wildman–Crippen MR) is 59.6 cm³/mol. The summed E-state index contributed by atoms with van der Waals surface area (Å²) in [6.45, 7) is 5.64. The van der Waals surface area contributed by atoms with Gasteiger partial charge >= 0.3 is 0 Å². The summed E-state index contributed by atoms with van der Waals surface area (Å²) >= 11 is 0. The van der Waals surface area contributed by atoms with Crippen molar-refractivity contribution in [1.82, 2.24) is 14.9 Å². The number of imidazole rings is 1. The van der Waals surface area contributed by atoms with Crippen LogP contribution < -0.4 is 5.32 Å². The standard InChI is InChI=1S/C11H19N3O/c1-4-12-8-9(2)10(15)7-11-13-5-6-14(11)3/h5-6,9,12H,4,7-8H2,1-3H3. The molecule has 0 aromatic carbocycles. The van der Waals surface area contributed by atoms with Crippen LogP contribution in [0.2, 0.25) is 0 Å². The molecule has 1 rings (SSSR count). The number of aryl methyl sites for hydroxylation is 1. The van der Waals surface area contributed by atoms with Crippen LogP contribution in [-0.2, 0) is 18.3 Å². The van der Waals surface area contributed by atoms with Gasteiger partial charge in [0.15, 0.2) is 0 Å². The molecular weight excluding hydrogens is 190 g/mol. The zero-order valence-corrected chi connectivity index (χ0v) is 9.66. The molecule has 0 spiro atoms. The van der Waals surface area contributed by atoms with Crippen LogP contribution >= 0.6 is 0 Å². The maximum Gasteiger partial charge on any atom is 0.144 e. The molecule has 0 radical (unpaired) electrons. The van der Waals surface area contributed by atoms with Gasteiger partial charge in [-0.15, -0.1) is 0 Å². The molecule has 1 N–H and O–H groups in total. The summed E-state index contributed by atoms with van der Waals surface area (Å²) in [7, 11) is 1.91. The van der Waals surface area contributed by atoms with E-state index in [0.717, 1.165) is 18.9 Å². The van der Waals surface area contributed by atoms with Crippen molar-refractivity contribution in [1.29, 1.82) is 0 Å². The topological polar surface area (TPSA) is 46.9 Å². The lowest BCUT2D eigenvalue weighted by Crippen LogP contribution is -2.27.